The zero-order valence-corrected chi connectivity index (χ0v) is 29.1. The van der Waals surface area contributed by atoms with Gasteiger partial charge in [-0.15, -0.1) is 11.3 Å². The van der Waals surface area contributed by atoms with Crippen LogP contribution in [0.1, 0.15) is 6.85 Å². The van der Waals surface area contributed by atoms with Crippen molar-refractivity contribution in [1.29, 1.82) is 0 Å². The summed E-state index contributed by atoms with van der Waals surface area (Å²) in [6.07, 6.45) is 0. The molecule has 0 N–H and O–H groups in total. The third kappa shape index (κ3) is 5.76. The van der Waals surface area contributed by atoms with Gasteiger partial charge in [-0.05, 0) is 62.9 Å². The molecule has 8 aromatic carbocycles. The van der Waals surface area contributed by atoms with E-state index in [1.807, 2.05) is 84.9 Å². The number of thiophene rings is 1. The van der Waals surface area contributed by atoms with Gasteiger partial charge in [-0.2, -0.15) is 0 Å². The molecule has 0 aliphatic heterocycles. The van der Waals surface area contributed by atoms with Crippen LogP contribution in [0.15, 0.2) is 188 Å². The second-order valence-corrected chi connectivity index (χ2v) is 13.9. The summed E-state index contributed by atoms with van der Waals surface area (Å²) in [4.78, 5) is 15.3. The van der Waals surface area contributed by atoms with Crippen molar-refractivity contribution in [2.75, 3.05) is 0 Å². The molecule has 2 aromatic heterocycles. The number of benzene rings is 8. The zero-order chi connectivity index (χ0) is 39.5. The molecule has 0 bridgehead atoms. The Kier molecular flexibility index (Phi) is 6.45. The van der Waals surface area contributed by atoms with Crippen LogP contribution in [0.25, 0.3) is 98.5 Å². The minimum atomic E-state index is -0.420. The summed E-state index contributed by atoms with van der Waals surface area (Å²) in [5, 5.41) is 4.17. The molecule has 3 nitrogen and oxygen atoms in total. The van der Waals surface area contributed by atoms with Gasteiger partial charge in [-0.1, -0.05) is 164 Å². The second kappa shape index (κ2) is 13.1. The number of hydrogen-bond donors (Lipinski definition) is 0. The summed E-state index contributed by atoms with van der Waals surface area (Å²) >= 11 is 1.52. The Morgan fingerprint density at radius 1 is 0.396 bits per heavy atom. The Labute approximate surface area is 318 Å². The van der Waals surface area contributed by atoms with E-state index in [9.17, 15) is 0 Å². The Balaban J connectivity index is 1.19. The third-order valence-corrected chi connectivity index (χ3v) is 10.8. The summed E-state index contributed by atoms with van der Waals surface area (Å²) in [7, 11) is 0. The van der Waals surface area contributed by atoms with Crippen LogP contribution in [-0.4, -0.2) is 15.0 Å². The van der Waals surface area contributed by atoms with Gasteiger partial charge in [0.1, 0.15) is 0 Å². The quantitative estimate of drug-likeness (QED) is 0.173. The molecule has 0 saturated heterocycles. The molecule has 4 heteroatoms. The van der Waals surface area contributed by atoms with Crippen LogP contribution in [0.4, 0.5) is 0 Å². The fraction of sp³-hybridized carbons (Fsp3) is 0. The Bertz CT molecular complexity index is 3190. The highest BCUT2D eigenvalue weighted by Crippen LogP contribution is 2.45. The average molecular weight is 699 g/mol. The summed E-state index contributed by atoms with van der Waals surface area (Å²) in [5.74, 6) is 1.58. The molecule has 2 heterocycles. The smallest absolute Gasteiger partial charge is 0.164 e. The first-order chi connectivity index (χ1) is 28.3. The summed E-state index contributed by atoms with van der Waals surface area (Å²) in [6, 6.07) is 51.4. The van der Waals surface area contributed by atoms with Gasteiger partial charge in [0, 0.05) is 42.4 Å². The van der Waals surface area contributed by atoms with Gasteiger partial charge in [0.05, 0.1) is 6.85 Å². The van der Waals surface area contributed by atoms with E-state index in [4.69, 9.17) is 21.8 Å². The van der Waals surface area contributed by atoms with Crippen molar-refractivity contribution in [3.8, 4) is 67.5 Å². The zero-order valence-electron chi connectivity index (χ0n) is 33.3. The lowest BCUT2D eigenvalue weighted by Crippen LogP contribution is -2.00. The molecule has 0 aliphatic rings. The summed E-state index contributed by atoms with van der Waals surface area (Å²) < 4.78 is 44.9. The van der Waals surface area contributed by atoms with Gasteiger partial charge >= 0.3 is 0 Å². The minimum absolute atomic E-state index is 0.169. The molecule has 0 radical (unpaired) electrons. The number of nitrogens with zero attached hydrogens (tertiary/aromatic N) is 3. The van der Waals surface area contributed by atoms with E-state index in [0.717, 1.165) is 59.1 Å². The van der Waals surface area contributed by atoms with Crippen LogP contribution in [0.5, 0.6) is 0 Å². The van der Waals surface area contributed by atoms with Crippen molar-refractivity contribution in [1.82, 2.24) is 15.0 Å². The SMILES string of the molecule is [2H]c1c([2H])c([2H])c(-c2cc(-c3ccccc3)cc3c2sc2cccc(-c4nc(-c5ccccc5)nc(-c5ccc(-c6ccc7ccccc7c6)cc5)n4)c23)c([2H])c1[2H]. The van der Waals surface area contributed by atoms with E-state index in [1.165, 1.54) is 22.1 Å². The topological polar surface area (TPSA) is 38.7 Å². The van der Waals surface area contributed by atoms with Gasteiger partial charge in [0.15, 0.2) is 17.5 Å². The fourth-order valence-corrected chi connectivity index (χ4v) is 8.24. The Hall–Kier alpha value is -6.75. The largest absolute Gasteiger partial charge is 0.208 e. The van der Waals surface area contributed by atoms with Crippen LogP contribution in [0, 0.1) is 0 Å². The predicted octanol–water partition coefficient (Wildman–Crippen LogP) is 13.4. The van der Waals surface area contributed by atoms with E-state index in [2.05, 4.69) is 72.8 Å². The van der Waals surface area contributed by atoms with E-state index >= 15 is 0 Å². The van der Waals surface area contributed by atoms with Crippen molar-refractivity contribution in [2.45, 2.75) is 0 Å². The van der Waals surface area contributed by atoms with Crippen molar-refractivity contribution in [3.05, 3.63) is 188 Å². The number of hydrogen-bond acceptors (Lipinski definition) is 4. The van der Waals surface area contributed by atoms with Gasteiger partial charge in [0.25, 0.3) is 0 Å². The second-order valence-electron chi connectivity index (χ2n) is 12.9. The number of aromatic nitrogens is 3. The fourth-order valence-electron chi connectivity index (χ4n) is 7.00. The van der Waals surface area contributed by atoms with Crippen LogP contribution >= 0.6 is 11.3 Å². The molecule has 0 fully saturated rings. The average Bonchev–Trinajstić information content (AvgIpc) is 3.67. The normalized spacial score (nSPS) is 12.7. The molecule has 0 unspecified atom stereocenters. The first kappa shape index (κ1) is 26.1. The highest BCUT2D eigenvalue weighted by Gasteiger charge is 2.20. The van der Waals surface area contributed by atoms with Crippen molar-refractivity contribution in [3.63, 3.8) is 0 Å². The van der Waals surface area contributed by atoms with E-state index in [0.29, 0.717) is 23.0 Å². The molecule has 0 amide bonds. The maximum absolute atomic E-state index is 8.94. The van der Waals surface area contributed by atoms with Gasteiger partial charge in [-0.25, -0.2) is 15.0 Å². The lowest BCUT2D eigenvalue weighted by molar-refractivity contribution is 1.08. The molecule has 10 aromatic rings. The molecule has 0 spiro atoms. The molecular weight excluding hydrogens is 663 g/mol. The highest BCUT2D eigenvalue weighted by molar-refractivity contribution is 7.26. The minimum Gasteiger partial charge on any atom is -0.208 e. The van der Waals surface area contributed by atoms with Gasteiger partial charge in [-0.3, -0.25) is 0 Å². The van der Waals surface area contributed by atoms with Gasteiger partial charge < -0.3 is 0 Å². The molecule has 0 aliphatic carbocycles. The Morgan fingerprint density at radius 3 is 1.75 bits per heavy atom. The van der Waals surface area contributed by atoms with Crippen LogP contribution in [0.2, 0.25) is 0 Å². The Morgan fingerprint density at radius 2 is 1.00 bits per heavy atom. The van der Waals surface area contributed by atoms with Crippen molar-refractivity contribution >= 4 is 42.3 Å². The lowest BCUT2D eigenvalue weighted by Gasteiger charge is -2.11. The first-order valence-corrected chi connectivity index (χ1v) is 18.2. The maximum Gasteiger partial charge on any atom is 0.164 e. The highest BCUT2D eigenvalue weighted by atomic mass is 32.1. The summed E-state index contributed by atoms with van der Waals surface area (Å²) in [5.41, 5.74) is 7.27. The van der Waals surface area contributed by atoms with Crippen LogP contribution in [-0.2, 0) is 0 Å². The van der Waals surface area contributed by atoms with Crippen molar-refractivity contribution < 1.29 is 6.85 Å². The maximum atomic E-state index is 8.94. The molecule has 248 valence electrons. The standard InChI is InChI=1S/C49H31N3S/c1-4-13-32(14-5-1)40-30-42(35-16-6-2-7-17-35)46-43(31-40)45-41(21-12-22-44(45)53-46)49-51-47(36-18-8-3-9-19-36)50-48(52-49)37-26-23-34(24-27-37)39-28-25-33-15-10-11-20-38(33)29-39/h1-31H/i2D,6D,7D,16D,17D. The first-order valence-electron chi connectivity index (χ1n) is 19.9. The molecule has 10 rings (SSSR count). The monoisotopic (exact) mass is 698 g/mol. The molecule has 0 atom stereocenters. The number of rotatable bonds is 6. The van der Waals surface area contributed by atoms with Crippen LogP contribution < -0.4 is 0 Å². The van der Waals surface area contributed by atoms with E-state index in [1.54, 1.807) is 0 Å². The van der Waals surface area contributed by atoms with E-state index < -0.39 is 6.04 Å². The predicted molar refractivity (Wildman–Crippen MR) is 223 cm³/mol. The van der Waals surface area contributed by atoms with Crippen molar-refractivity contribution in [2.24, 2.45) is 0 Å². The van der Waals surface area contributed by atoms with Crippen LogP contribution in [0.3, 0.4) is 0 Å². The van der Waals surface area contributed by atoms with E-state index in [-0.39, 0.29) is 29.7 Å². The molecule has 53 heavy (non-hydrogen) atoms. The number of fused-ring (bicyclic) bond motifs is 4. The van der Waals surface area contributed by atoms with Gasteiger partial charge in [0.2, 0.25) is 0 Å². The lowest BCUT2D eigenvalue weighted by atomic mass is 9.95. The third-order valence-electron chi connectivity index (χ3n) is 9.61. The molecular formula is C49H31N3S. The molecule has 0 saturated carbocycles. The summed E-state index contributed by atoms with van der Waals surface area (Å²) in [6.45, 7) is 0.